The summed E-state index contributed by atoms with van der Waals surface area (Å²) in [5.74, 6) is -0.0364. The molecule has 1 aliphatic heterocycles. The lowest BCUT2D eigenvalue weighted by atomic mass is 9.96. The van der Waals surface area contributed by atoms with Crippen LogP contribution in [0.5, 0.6) is 11.8 Å². The van der Waals surface area contributed by atoms with Crippen LogP contribution >= 0.6 is 0 Å². The predicted octanol–water partition coefficient (Wildman–Crippen LogP) is 5.14. The van der Waals surface area contributed by atoms with Crippen molar-refractivity contribution in [1.29, 1.82) is 0 Å². The second-order valence-corrected chi connectivity index (χ2v) is 7.47. The number of hydrogen-bond acceptors (Lipinski definition) is 2. The minimum atomic E-state index is -0.0239. The summed E-state index contributed by atoms with van der Waals surface area (Å²) in [6, 6.07) is 14.3. The third kappa shape index (κ3) is 1.96. The van der Waals surface area contributed by atoms with E-state index < -0.39 is 0 Å². The molecule has 0 fully saturated rings. The van der Waals surface area contributed by atoms with Crippen LogP contribution in [0, 0.1) is 0 Å². The maximum Gasteiger partial charge on any atom is 0.200 e. The Bertz CT molecular complexity index is 1370. The van der Waals surface area contributed by atoms with Gasteiger partial charge in [0.1, 0.15) is 0 Å². The standard InChI is InChI=1S/C23H19N3O2/c27-22-19(16-11-24-18-9-2-1-7-14(16)18)20(23(28)25-22)17-12-26-10-4-6-13-5-3-8-15(17)21(13)26/h1-3,5,7-9,11-12,24-25,27-28H,4,6,10H2. The first-order chi connectivity index (χ1) is 13.7. The molecule has 6 rings (SSSR count). The Hall–Kier alpha value is -3.60. The molecule has 0 bridgehead atoms. The van der Waals surface area contributed by atoms with Gasteiger partial charge in [0.15, 0.2) is 11.8 Å². The topological polar surface area (TPSA) is 77.0 Å². The number of aromatic amines is 2. The van der Waals surface area contributed by atoms with E-state index in [1.807, 2.05) is 30.5 Å². The van der Waals surface area contributed by atoms with Gasteiger partial charge >= 0.3 is 0 Å². The normalized spacial score (nSPS) is 13.6. The molecule has 0 aliphatic carbocycles. The summed E-state index contributed by atoms with van der Waals surface area (Å²) in [5, 5.41) is 23.5. The molecule has 4 N–H and O–H groups in total. The fourth-order valence-electron chi connectivity index (χ4n) is 4.73. The molecule has 0 amide bonds. The highest BCUT2D eigenvalue weighted by molar-refractivity contribution is 6.08. The first kappa shape index (κ1) is 15.5. The zero-order valence-electron chi connectivity index (χ0n) is 15.2. The van der Waals surface area contributed by atoms with E-state index in [1.165, 1.54) is 11.1 Å². The summed E-state index contributed by atoms with van der Waals surface area (Å²) < 4.78 is 2.27. The third-order valence-electron chi connectivity index (χ3n) is 5.92. The minimum Gasteiger partial charge on any atom is -0.494 e. The van der Waals surface area contributed by atoms with E-state index in [0.29, 0.717) is 11.1 Å². The first-order valence-corrected chi connectivity index (χ1v) is 9.54. The number of rotatable bonds is 2. The fourth-order valence-corrected chi connectivity index (χ4v) is 4.73. The van der Waals surface area contributed by atoms with E-state index >= 15 is 0 Å². The van der Waals surface area contributed by atoms with E-state index in [4.69, 9.17) is 0 Å². The maximum atomic E-state index is 10.7. The molecule has 5 nitrogen and oxygen atoms in total. The quantitative estimate of drug-likeness (QED) is 0.348. The van der Waals surface area contributed by atoms with Gasteiger partial charge in [0.05, 0.1) is 16.6 Å². The molecular weight excluding hydrogens is 350 g/mol. The lowest BCUT2D eigenvalue weighted by Gasteiger charge is -2.14. The Kier molecular flexibility index (Phi) is 3.01. The average Bonchev–Trinajstić information content (AvgIpc) is 3.37. The van der Waals surface area contributed by atoms with Crippen LogP contribution in [0.15, 0.2) is 54.9 Å². The number of aromatic nitrogens is 3. The van der Waals surface area contributed by atoms with E-state index in [9.17, 15) is 10.2 Å². The van der Waals surface area contributed by atoms with Crippen LogP contribution in [0.3, 0.4) is 0 Å². The number of para-hydroxylation sites is 2. The van der Waals surface area contributed by atoms with Gasteiger partial charge in [0, 0.05) is 46.4 Å². The van der Waals surface area contributed by atoms with Crippen LogP contribution < -0.4 is 0 Å². The van der Waals surface area contributed by atoms with Gasteiger partial charge in [-0.15, -0.1) is 0 Å². The van der Waals surface area contributed by atoms with Crippen molar-refractivity contribution in [3.8, 4) is 34.0 Å². The van der Waals surface area contributed by atoms with Crippen molar-refractivity contribution in [3.63, 3.8) is 0 Å². The number of benzene rings is 2. The molecule has 0 atom stereocenters. The second-order valence-electron chi connectivity index (χ2n) is 7.47. The molecule has 138 valence electrons. The monoisotopic (exact) mass is 369 g/mol. The van der Waals surface area contributed by atoms with Crippen LogP contribution in [-0.4, -0.2) is 24.7 Å². The van der Waals surface area contributed by atoms with Crippen molar-refractivity contribution in [2.24, 2.45) is 0 Å². The van der Waals surface area contributed by atoms with Crippen LogP contribution in [0.1, 0.15) is 12.0 Å². The molecule has 0 saturated carbocycles. The summed E-state index contributed by atoms with van der Waals surface area (Å²) in [6.07, 6.45) is 6.17. The van der Waals surface area contributed by atoms with E-state index in [-0.39, 0.29) is 11.8 Å². The minimum absolute atomic E-state index is 0.0125. The zero-order valence-corrected chi connectivity index (χ0v) is 15.2. The highest BCUT2D eigenvalue weighted by Gasteiger charge is 2.26. The molecule has 4 heterocycles. The number of aryl methyl sites for hydroxylation is 2. The highest BCUT2D eigenvalue weighted by atomic mass is 16.3. The van der Waals surface area contributed by atoms with Crippen molar-refractivity contribution >= 4 is 21.8 Å². The van der Waals surface area contributed by atoms with Crippen molar-refractivity contribution in [2.45, 2.75) is 19.4 Å². The molecule has 2 aromatic carbocycles. The Morgan fingerprint density at radius 2 is 1.64 bits per heavy atom. The van der Waals surface area contributed by atoms with Gasteiger partial charge in [-0.3, -0.25) is 4.98 Å². The van der Waals surface area contributed by atoms with Crippen molar-refractivity contribution < 1.29 is 10.2 Å². The molecule has 3 aromatic heterocycles. The molecule has 28 heavy (non-hydrogen) atoms. The molecule has 5 aromatic rings. The maximum absolute atomic E-state index is 10.7. The number of aromatic hydroxyl groups is 2. The Morgan fingerprint density at radius 1 is 0.857 bits per heavy atom. The van der Waals surface area contributed by atoms with Crippen LogP contribution in [-0.2, 0) is 13.0 Å². The lowest BCUT2D eigenvalue weighted by Crippen LogP contribution is -2.05. The van der Waals surface area contributed by atoms with E-state index in [1.54, 1.807) is 0 Å². The van der Waals surface area contributed by atoms with Crippen molar-refractivity contribution in [1.82, 2.24) is 14.5 Å². The zero-order chi connectivity index (χ0) is 18.8. The Morgan fingerprint density at radius 3 is 2.54 bits per heavy atom. The number of hydrogen-bond donors (Lipinski definition) is 4. The van der Waals surface area contributed by atoms with Crippen LogP contribution in [0.4, 0.5) is 0 Å². The number of fused-ring (bicyclic) bond motifs is 1. The third-order valence-corrected chi connectivity index (χ3v) is 5.92. The summed E-state index contributed by atoms with van der Waals surface area (Å²) in [5.41, 5.74) is 6.63. The molecule has 1 aliphatic rings. The Labute approximate surface area is 160 Å². The Balaban J connectivity index is 1.69. The first-order valence-electron chi connectivity index (χ1n) is 9.54. The van der Waals surface area contributed by atoms with Gasteiger partial charge in [-0.25, -0.2) is 0 Å². The van der Waals surface area contributed by atoms with Gasteiger partial charge < -0.3 is 19.8 Å². The predicted molar refractivity (Wildman–Crippen MR) is 111 cm³/mol. The van der Waals surface area contributed by atoms with Crippen molar-refractivity contribution in [2.75, 3.05) is 0 Å². The number of nitrogens with zero attached hydrogens (tertiary/aromatic N) is 1. The highest BCUT2D eigenvalue weighted by Crippen LogP contribution is 2.49. The molecule has 5 heteroatoms. The number of nitrogens with one attached hydrogen (secondary N) is 2. The summed E-state index contributed by atoms with van der Waals surface area (Å²) in [6.45, 7) is 0.965. The summed E-state index contributed by atoms with van der Waals surface area (Å²) in [7, 11) is 0. The van der Waals surface area contributed by atoms with Crippen LogP contribution in [0.2, 0.25) is 0 Å². The largest absolute Gasteiger partial charge is 0.494 e. The molecular formula is C23H19N3O2. The van der Waals surface area contributed by atoms with Gasteiger partial charge in [-0.05, 0) is 24.5 Å². The smallest absolute Gasteiger partial charge is 0.200 e. The molecule has 0 spiro atoms. The fraction of sp³-hybridized carbons (Fsp3) is 0.130. The van der Waals surface area contributed by atoms with E-state index in [0.717, 1.165) is 46.8 Å². The van der Waals surface area contributed by atoms with Gasteiger partial charge in [-0.1, -0.05) is 36.4 Å². The van der Waals surface area contributed by atoms with Gasteiger partial charge in [0.25, 0.3) is 0 Å². The van der Waals surface area contributed by atoms with E-state index in [2.05, 4.69) is 38.9 Å². The average molecular weight is 369 g/mol. The number of H-pyrrole nitrogens is 2. The van der Waals surface area contributed by atoms with Crippen molar-refractivity contribution in [3.05, 3.63) is 60.4 Å². The second kappa shape index (κ2) is 5.45. The van der Waals surface area contributed by atoms with Gasteiger partial charge in [-0.2, -0.15) is 0 Å². The molecule has 0 saturated heterocycles. The van der Waals surface area contributed by atoms with Crippen LogP contribution in [0.25, 0.3) is 44.1 Å². The molecule has 0 radical (unpaired) electrons. The molecule has 0 unspecified atom stereocenters. The SMILES string of the molecule is Oc1[nH]c(O)c(-c2cn3c4c(cccc24)CCC3)c1-c1c[nH]c2ccccc12. The van der Waals surface area contributed by atoms with Gasteiger partial charge in [0.2, 0.25) is 0 Å². The lowest BCUT2D eigenvalue weighted by molar-refractivity contribution is 0.426. The summed E-state index contributed by atoms with van der Waals surface area (Å²) in [4.78, 5) is 6.00. The summed E-state index contributed by atoms with van der Waals surface area (Å²) >= 11 is 0.